The van der Waals surface area contributed by atoms with Crippen LogP contribution in [0.2, 0.25) is 10.0 Å². The van der Waals surface area contributed by atoms with Gasteiger partial charge >= 0.3 is 0 Å². The number of halogens is 2. The molecular weight excluding hydrogens is 483 g/mol. The lowest BCUT2D eigenvalue weighted by molar-refractivity contribution is -0.135. The van der Waals surface area contributed by atoms with Crippen molar-refractivity contribution < 1.29 is 9.53 Å². The highest BCUT2D eigenvalue weighted by atomic mass is 35.5. The lowest BCUT2D eigenvalue weighted by Crippen LogP contribution is -2.34. The highest BCUT2D eigenvalue weighted by Gasteiger charge is 2.44. The van der Waals surface area contributed by atoms with Crippen molar-refractivity contribution in [1.82, 2.24) is 5.01 Å². The van der Waals surface area contributed by atoms with Gasteiger partial charge in [0.1, 0.15) is 5.75 Å². The van der Waals surface area contributed by atoms with Gasteiger partial charge in [-0.3, -0.25) is 4.79 Å². The molecule has 1 fully saturated rings. The number of fused-ring (bicyclic) bond motifs is 1. The van der Waals surface area contributed by atoms with Crippen LogP contribution in [0.1, 0.15) is 35.1 Å². The molecule has 1 aliphatic heterocycles. The van der Waals surface area contributed by atoms with Crippen LogP contribution in [-0.2, 0) is 4.79 Å². The summed E-state index contributed by atoms with van der Waals surface area (Å²) in [6.45, 7) is -0.142. The van der Waals surface area contributed by atoms with E-state index in [1.54, 1.807) is 45.9 Å². The summed E-state index contributed by atoms with van der Waals surface area (Å²) >= 11 is 15.5. The minimum absolute atomic E-state index is 0.103. The summed E-state index contributed by atoms with van der Waals surface area (Å²) in [5, 5.41) is 11.5. The Hall–Kier alpha value is -2.12. The van der Waals surface area contributed by atoms with Gasteiger partial charge in [0, 0.05) is 20.7 Å². The van der Waals surface area contributed by atoms with Crippen LogP contribution in [0, 0.1) is 5.92 Å². The predicted molar refractivity (Wildman–Crippen MR) is 133 cm³/mol. The molecule has 5 rings (SSSR count). The first-order chi connectivity index (χ1) is 15.6. The molecule has 164 valence electrons. The topological polar surface area (TPSA) is 41.9 Å². The Balaban J connectivity index is 1.43. The van der Waals surface area contributed by atoms with E-state index in [9.17, 15) is 4.79 Å². The van der Waals surface area contributed by atoms with Gasteiger partial charge in [0.25, 0.3) is 5.91 Å². The van der Waals surface area contributed by atoms with Gasteiger partial charge in [-0.05, 0) is 72.0 Å². The van der Waals surface area contributed by atoms with E-state index in [4.69, 9.17) is 33.0 Å². The fourth-order valence-corrected chi connectivity index (χ4v) is 6.31. The monoisotopic (exact) mass is 502 g/mol. The number of hydrazone groups is 1. The average Bonchev–Trinajstić information content (AvgIpc) is 3.53. The molecule has 2 aliphatic rings. The molecule has 1 aromatic carbocycles. The van der Waals surface area contributed by atoms with Crippen LogP contribution in [-0.4, -0.2) is 23.2 Å². The zero-order valence-electron chi connectivity index (χ0n) is 17.0. The molecule has 0 saturated heterocycles. The molecule has 1 amide bonds. The Morgan fingerprint density at radius 1 is 1.19 bits per heavy atom. The van der Waals surface area contributed by atoms with Crippen LogP contribution >= 0.6 is 45.9 Å². The van der Waals surface area contributed by atoms with E-state index in [0.29, 0.717) is 15.8 Å². The SMILES string of the molecule is O=C(COc1ccc(Cl)cc1Cl)N1N=C2C(=Cc3cccs3)CCCC2C1c1cccs1. The molecule has 4 nitrogen and oxygen atoms in total. The molecule has 2 atom stereocenters. The van der Waals surface area contributed by atoms with E-state index in [1.165, 1.54) is 10.5 Å². The summed E-state index contributed by atoms with van der Waals surface area (Å²) in [4.78, 5) is 15.6. The Labute approximate surface area is 204 Å². The van der Waals surface area contributed by atoms with Crippen molar-refractivity contribution in [3.05, 3.63) is 78.6 Å². The van der Waals surface area contributed by atoms with Crippen LogP contribution in [0.25, 0.3) is 6.08 Å². The first-order valence-electron chi connectivity index (χ1n) is 10.4. The number of benzene rings is 1. The molecule has 0 N–H and O–H groups in total. The first kappa shape index (κ1) is 21.7. The summed E-state index contributed by atoms with van der Waals surface area (Å²) in [5.41, 5.74) is 2.25. The van der Waals surface area contributed by atoms with Crippen molar-refractivity contribution in [3.63, 3.8) is 0 Å². The fourth-order valence-electron chi connectivity index (χ4n) is 4.29. The number of thiophene rings is 2. The fraction of sp³-hybridized carbons (Fsp3) is 0.250. The maximum absolute atomic E-state index is 13.3. The van der Waals surface area contributed by atoms with E-state index in [1.807, 2.05) is 11.4 Å². The number of hydrogen-bond donors (Lipinski definition) is 0. The normalized spacial score (nSPS) is 21.5. The summed E-state index contributed by atoms with van der Waals surface area (Å²) in [7, 11) is 0. The minimum Gasteiger partial charge on any atom is -0.482 e. The van der Waals surface area contributed by atoms with Gasteiger partial charge < -0.3 is 4.74 Å². The Morgan fingerprint density at radius 3 is 2.78 bits per heavy atom. The van der Waals surface area contributed by atoms with Gasteiger partial charge in [0.2, 0.25) is 0 Å². The Kier molecular flexibility index (Phi) is 6.37. The van der Waals surface area contributed by atoms with Gasteiger partial charge in [-0.15, -0.1) is 22.7 Å². The molecular formula is C24H20Cl2N2O2S2. The predicted octanol–water partition coefficient (Wildman–Crippen LogP) is 7.32. The number of ether oxygens (including phenoxy) is 1. The van der Waals surface area contributed by atoms with Crippen molar-refractivity contribution >= 4 is 63.6 Å². The maximum atomic E-state index is 13.3. The molecule has 0 spiro atoms. The number of amides is 1. The molecule has 2 aromatic heterocycles. The summed E-state index contributed by atoms with van der Waals surface area (Å²) in [6.07, 6.45) is 5.29. The Morgan fingerprint density at radius 2 is 2.03 bits per heavy atom. The maximum Gasteiger partial charge on any atom is 0.281 e. The molecule has 1 saturated carbocycles. The second-order valence-electron chi connectivity index (χ2n) is 7.73. The standard InChI is InChI=1S/C24H20Cl2N2O2S2/c25-16-8-9-20(19(26)13-16)30-14-22(29)28-24(21-7-3-11-32-21)18-6-1-4-15(23(18)27-28)12-17-5-2-10-31-17/h2-3,5,7-13,18,24H,1,4,6,14H2. The van der Waals surface area contributed by atoms with Gasteiger partial charge in [0.05, 0.1) is 16.8 Å². The van der Waals surface area contributed by atoms with E-state index >= 15 is 0 Å². The van der Waals surface area contributed by atoms with Crippen LogP contribution < -0.4 is 4.74 Å². The second-order valence-corrected chi connectivity index (χ2v) is 10.5. The van der Waals surface area contributed by atoms with Crippen LogP contribution in [0.3, 0.4) is 0 Å². The molecule has 0 radical (unpaired) electrons. The average molecular weight is 503 g/mol. The number of carbonyl (C=O) groups excluding carboxylic acids is 1. The number of nitrogens with zero attached hydrogens (tertiary/aromatic N) is 2. The quantitative estimate of drug-likeness (QED) is 0.366. The third kappa shape index (κ3) is 4.37. The van der Waals surface area contributed by atoms with E-state index in [-0.39, 0.29) is 24.5 Å². The molecule has 3 aromatic rings. The Bertz CT molecular complexity index is 1170. The third-order valence-corrected chi connectivity index (χ3v) is 7.99. The van der Waals surface area contributed by atoms with E-state index < -0.39 is 0 Å². The van der Waals surface area contributed by atoms with Gasteiger partial charge in [0.15, 0.2) is 6.61 Å². The zero-order chi connectivity index (χ0) is 22.1. The van der Waals surface area contributed by atoms with Crippen LogP contribution in [0.4, 0.5) is 0 Å². The summed E-state index contributed by atoms with van der Waals surface area (Å²) < 4.78 is 5.74. The molecule has 32 heavy (non-hydrogen) atoms. The van der Waals surface area contributed by atoms with Crippen molar-refractivity contribution in [1.29, 1.82) is 0 Å². The molecule has 1 aliphatic carbocycles. The van der Waals surface area contributed by atoms with Crippen molar-refractivity contribution in [2.45, 2.75) is 25.3 Å². The number of rotatable bonds is 5. The first-order valence-corrected chi connectivity index (χ1v) is 12.9. The minimum atomic E-state index is -0.188. The van der Waals surface area contributed by atoms with Crippen molar-refractivity contribution in [2.24, 2.45) is 11.0 Å². The zero-order valence-corrected chi connectivity index (χ0v) is 20.2. The molecule has 3 heterocycles. The van der Waals surface area contributed by atoms with Gasteiger partial charge in [-0.25, -0.2) is 5.01 Å². The lowest BCUT2D eigenvalue weighted by Gasteiger charge is -2.28. The lowest BCUT2D eigenvalue weighted by atomic mass is 9.79. The summed E-state index contributed by atoms with van der Waals surface area (Å²) in [5.74, 6) is 0.433. The van der Waals surface area contributed by atoms with E-state index in [0.717, 1.165) is 29.9 Å². The molecule has 2 unspecified atom stereocenters. The highest BCUT2D eigenvalue weighted by molar-refractivity contribution is 7.11. The van der Waals surface area contributed by atoms with Crippen molar-refractivity contribution in [3.8, 4) is 5.75 Å². The second kappa shape index (κ2) is 9.40. The largest absolute Gasteiger partial charge is 0.482 e. The van der Waals surface area contributed by atoms with Gasteiger partial charge in [-0.1, -0.05) is 35.3 Å². The number of hydrogen-bond acceptors (Lipinski definition) is 5. The molecule has 0 bridgehead atoms. The summed E-state index contributed by atoms with van der Waals surface area (Å²) in [6, 6.07) is 13.1. The smallest absolute Gasteiger partial charge is 0.281 e. The van der Waals surface area contributed by atoms with E-state index in [2.05, 4.69) is 29.7 Å². The van der Waals surface area contributed by atoms with Crippen LogP contribution in [0.15, 0.2) is 63.9 Å². The van der Waals surface area contributed by atoms with Gasteiger partial charge in [-0.2, -0.15) is 5.10 Å². The highest BCUT2D eigenvalue weighted by Crippen LogP contribution is 2.45. The number of carbonyl (C=O) groups is 1. The number of allylic oxidation sites excluding steroid dienone is 1. The third-order valence-electron chi connectivity index (χ3n) is 5.70. The van der Waals surface area contributed by atoms with Crippen LogP contribution in [0.5, 0.6) is 5.75 Å². The molecule has 8 heteroatoms. The van der Waals surface area contributed by atoms with Crippen molar-refractivity contribution in [2.75, 3.05) is 6.61 Å².